The monoisotopic (exact) mass is 392 g/mol. The number of rotatable bonds is 4. The number of hydrogen-bond acceptors (Lipinski definition) is 6. The summed E-state index contributed by atoms with van der Waals surface area (Å²) in [6, 6.07) is 9.04. The average molecular weight is 393 g/mol. The highest BCUT2D eigenvalue weighted by Crippen LogP contribution is 2.35. The molecule has 0 aliphatic rings. The zero-order valence-electron chi connectivity index (χ0n) is 14.5. The molecule has 136 valence electrons. The lowest BCUT2D eigenvalue weighted by atomic mass is 9.92. The van der Waals surface area contributed by atoms with Crippen molar-refractivity contribution in [3.05, 3.63) is 45.9 Å². The number of benzene rings is 1. The van der Waals surface area contributed by atoms with Gasteiger partial charge in [-0.1, -0.05) is 55.7 Å². The Bertz CT molecular complexity index is 971. The van der Waals surface area contributed by atoms with Crippen LogP contribution in [0.4, 0.5) is 5.88 Å². The first-order valence-corrected chi connectivity index (χ1v) is 9.06. The van der Waals surface area contributed by atoms with E-state index in [-0.39, 0.29) is 16.2 Å². The van der Waals surface area contributed by atoms with Crippen molar-refractivity contribution in [2.75, 3.05) is 11.9 Å². The van der Waals surface area contributed by atoms with Crippen LogP contribution in [0.15, 0.2) is 34.9 Å². The van der Waals surface area contributed by atoms with Crippen LogP contribution in [-0.4, -0.2) is 23.6 Å². The summed E-state index contributed by atoms with van der Waals surface area (Å²) in [5, 5.41) is 7.53. The number of thiophene rings is 1. The molecule has 0 bridgehead atoms. The fourth-order valence-electron chi connectivity index (χ4n) is 2.20. The van der Waals surface area contributed by atoms with Crippen molar-refractivity contribution < 1.29 is 18.8 Å². The highest BCUT2D eigenvalue weighted by molar-refractivity contribution is 7.21. The van der Waals surface area contributed by atoms with E-state index in [0.717, 1.165) is 10.1 Å². The number of carbonyl (C=O) groups is 2. The van der Waals surface area contributed by atoms with Gasteiger partial charge in [-0.2, -0.15) is 0 Å². The van der Waals surface area contributed by atoms with Crippen molar-refractivity contribution in [1.29, 1.82) is 0 Å². The van der Waals surface area contributed by atoms with Gasteiger partial charge < -0.3 is 9.26 Å². The summed E-state index contributed by atoms with van der Waals surface area (Å²) in [5.41, 5.74) is 0.512. The standard InChI is InChI=1S/C18H17ClN2O4S/c1-18(2,3)12-8-14(25-21-12)20-13(22)9-24-17(23)16-15(19)10-6-4-5-7-11(10)26-16/h4-8H,9H2,1-3H3,(H,20,22). The van der Waals surface area contributed by atoms with Gasteiger partial charge in [0.25, 0.3) is 5.91 Å². The average Bonchev–Trinajstić information content (AvgIpc) is 3.18. The van der Waals surface area contributed by atoms with Crippen LogP contribution in [0.5, 0.6) is 0 Å². The molecule has 0 saturated carbocycles. The maximum atomic E-state index is 12.2. The Morgan fingerprint density at radius 2 is 2.04 bits per heavy atom. The number of esters is 1. The highest BCUT2D eigenvalue weighted by atomic mass is 35.5. The molecule has 0 aliphatic carbocycles. The van der Waals surface area contributed by atoms with Crippen LogP contribution in [0.3, 0.4) is 0 Å². The van der Waals surface area contributed by atoms with Gasteiger partial charge in [0.1, 0.15) is 4.88 Å². The van der Waals surface area contributed by atoms with Gasteiger partial charge in [-0.25, -0.2) is 4.79 Å². The zero-order chi connectivity index (χ0) is 18.9. The third-order valence-electron chi connectivity index (χ3n) is 3.60. The van der Waals surface area contributed by atoms with E-state index in [2.05, 4.69) is 10.5 Å². The highest BCUT2D eigenvalue weighted by Gasteiger charge is 2.21. The lowest BCUT2D eigenvalue weighted by Crippen LogP contribution is -2.20. The molecule has 1 N–H and O–H groups in total. The predicted molar refractivity (Wildman–Crippen MR) is 101 cm³/mol. The van der Waals surface area contributed by atoms with Crippen LogP contribution in [0, 0.1) is 0 Å². The van der Waals surface area contributed by atoms with Gasteiger partial charge in [0.2, 0.25) is 5.88 Å². The Morgan fingerprint density at radius 3 is 2.69 bits per heavy atom. The van der Waals surface area contributed by atoms with Crippen LogP contribution in [-0.2, 0) is 14.9 Å². The van der Waals surface area contributed by atoms with Crippen LogP contribution >= 0.6 is 22.9 Å². The van der Waals surface area contributed by atoms with Gasteiger partial charge in [-0.05, 0) is 6.07 Å². The molecule has 26 heavy (non-hydrogen) atoms. The first-order valence-electron chi connectivity index (χ1n) is 7.87. The molecule has 0 radical (unpaired) electrons. The summed E-state index contributed by atoms with van der Waals surface area (Å²) in [4.78, 5) is 24.4. The Morgan fingerprint density at radius 1 is 1.31 bits per heavy atom. The molecule has 1 amide bonds. The number of aromatic nitrogens is 1. The number of fused-ring (bicyclic) bond motifs is 1. The minimum atomic E-state index is -0.640. The van der Waals surface area contributed by atoms with Crippen molar-refractivity contribution in [1.82, 2.24) is 5.16 Å². The number of nitrogens with one attached hydrogen (secondary N) is 1. The number of hydrogen-bond donors (Lipinski definition) is 1. The van der Waals surface area contributed by atoms with Crippen LogP contribution < -0.4 is 5.32 Å². The predicted octanol–water partition coefficient (Wildman–Crippen LogP) is 4.64. The van der Waals surface area contributed by atoms with Gasteiger partial charge >= 0.3 is 5.97 Å². The third-order valence-corrected chi connectivity index (χ3v) is 5.25. The zero-order valence-corrected chi connectivity index (χ0v) is 16.0. The van der Waals surface area contributed by atoms with Crippen molar-refractivity contribution in [2.24, 2.45) is 0 Å². The van der Waals surface area contributed by atoms with E-state index in [4.69, 9.17) is 20.9 Å². The van der Waals surface area contributed by atoms with Gasteiger partial charge in [-0.15, -0.1) is 11.3 Å². The maximum absolute atomic E-state index is 12.2. The normalized spacial score (nSPS) is 11.5. The molecule has 6 nitrogen and oxygen atoms in total. The van der Waals surface area contributed by atoms with Crippen molar-refractivity contribution >= 4 is 50.8 Å². The van der Waals surface area contributed by atoms with Gasteiger partial charge in [-0.3, -0.25) is 10.1 Å². The minimum absolute atomic E-state index is 0.198. The molecule has 2 aromatic heterocycles. The number of ether oxygens (including phenoxy) is 1. The Balaban J connectivity index is 1.61. The Labute approximate surface area is 159 Å². The number of nitrogens with zero attached hydrogens (tertiary/aromatic N) is 1. The molecule has 8 heteroatoms. The van der Waals surface area contributed by atoms with E-state index in [1.165, 1.54) is 11.3 Å². The first kappa shape index (κ1) is 18.4. The second-order valence-electron chi connectivity index (χ2n) is 6.69. The Hall–Kier alpha value is -2.38. The molecule has 3 rings (SSSR count). The Kier molecular flexibility index (Phi) is 5.02. The molecule has 0 unspecified atom stereocenters. The second kappa shape index (κ2) is 7.09. The van der Waals surface area contributed by atoms with Crippen molar-refractivity contribution in [3.63, 3.8) is 0 Å². The molecule has 0 fully saturated rings. The molecule has 0 aliphatic heterocycles. The maximum Gasteiger partial charge on any atom is 0.350 e. The smallest absolute Gasteiger partial charge is 0.350 e. The van der Waals surface area contributed by atoms with E-state index in [1.54, 1.807) is 6.07 Å². The molecular formula is C18H17ClN2O4S. The summed E-state index contributed by atoms with van der Waals surface area (Å²) >= 11 is 7.46. The quantitative estimate of drug-likeness (QED) is 0.654. The van der Waals surface area contributed by atoms with E-state index >= 15 is 0 Å². The minimum Gasteiger partial charge on any atom is -0.451 e. The molecule has 1 aromatic carbocycles. The molecule has 0 spiro atoms. The molecule has 0 atom stereocenters. The van der Waals surface area contributed by atoms with E-state index in [9.17, 15) is 9.59 Å². The van der Waals surface area contributed by atoms with Crippen LogP contribution in [0.2, 0.25) is 5.02 Å². The summed E-state index contributed by atoms with van der Waals surface area (Å²) in [5.74, 6) is -0.956. The van der Waals surface area contributed by atoms with E-state index in [1.807, 2.05) is 45.0 Å². The van der Waals surface area contributed by atoms with Gasteiger partial charge in [0.15, 0.2) is 6.61 Å². The van der Waals surface area contributed by atoms with E-state index < -0.39 is 18.5 Å². The van der Waals surface area contributed by atoms with Crippen molar-refractivity contribution in [2.45, 2.75) is 26.2 Å². The lowest BCUT2D eigenvalue weighted by molar-refractivity contribution is -0.119. The molecule has 0 saturated heterocycles. The summed E-state index contributed by atoms with van der Waals surface area (Å²) < 4.78 is 11.0. The number of anilines is 1. The third kappa shape index (κ3) is 3.89. The first-order chi connectivity index (χ1) is 12.3. The summed E-state index contributed by atoms with van der Waals surface area (Å²) in [6.07, 6.45) is 0. The fourth-order valence-corrected chi connectivity index (χ4v) is 3.61. The fraction of sp³-hybridized carbons (Fsp3) is 0.278. The number of halogens is 1. The topological polar surface area (TPSA) is 81.4 Å². The number of carbonyl (C=O) groups excluding carboxylic acids is 2. The largest absolute Gasteiger partial charge is 0.451 e. The van der Waals surface area contributed by atoms with Crippen molar-refractivity contribution in [3.8, 4) is 0 Å². The second-order valence-corrected chi connectivity index (χ2v) is 8.12. The summed E-state index contributed by atoms with van der Waals surface area (Å²) in [7, 11) is 0. The molecule has 2 heterocycles. The number of amides is 1. The van der Waals surface area contributed by atoms with Gasteiger partial charge in [0, 0.05) is 21.6 Å². The van der Waals surface area contributed by atoms with Crippen LogP contribution in [0.1, 0.15) is 36.1 Å². The lowest BCUT2D eigenvalue weighted by Gasteiger charge is -2.12. The van der Waals surface area contributed by atoms with Gasteiger partial charge in [0.05, 0.1) is 10.7 Å². The van der Waals surface area contributed by atoms with E-state index in [0.29, 0.717) is 10.7 Å². The van der Waals surface area contributed by atoms with Crippen LogP contribution in [0.25, 0.3) is 10.1 Å². The molecule has 3 aromatic rings. The SMILES string of the molecule is CC(C)(C)c1cc(NC(=O)COC(=O)c2sc3ccccc3c2Cl)on1. The molecular weight excluding hydrogens is 376 g/mol. The summed E-state index contributed by atoms with van der Waals surface area (Å²) in [6.45, 7) is 5.49.